The van der Waals surface area contributed by atoms with E-state index >= 15 is 0 Å². The van der Waals surface area contributed by atoms with Crippen LogP contribution in [0.2, 0.25) is 0 Å². The molecule has 7 heteroatoms. The summed E-state index contributed by atoms with van der Waals surface area (Å²) in [5, 5.41) is 8.22. The van der Waals surface area contributed by atoms with Gasteiger partial charge in [-0.2, -0.15) is 0 Å². The summed E-state index contributed by atoms with van der Waals surface area (Å²) in [5.74, 6) is -1.64. The van der Waals surface area contributed by atoms with Gasteiger partial charge in [-0.05, 0) is 6.42 Å². The van der Waals surface area contributed by atoms with Crippen molar-refractivity contribution >= 4 is 92.8 Å². The van der Waals surface area contributed by atoms with Gasteiger partial charge >= 0.3 is 86.9 Å². The molecule has 0 unspecified atom stereocenters. The van der Waals surface area contributed by atoms with E-state index in [0.29, 0.717) is 0 Å². The van der Waals surface area contributed by atoms with Crippen molar-refractivity contribution in [3.63, 3.8) is 0 Å². The molecular formula is C5H12KN2NaO3. The number of carbonyl (C=O) groups excluding carboxylic acids is 1. The van der Waals surface area contributed by atoms with Crippen molar-refractivity contribution in [2.75, 3.05) is 0 Å². The number of aliphatic carboxylic acids is 1. The van der Waals surface area contributed by atoms with Gasteiger partial charge in [-0.3, -0.25) is 9.59 Å². The van der Waals surface area contributed by atoms with Gasteiger partial charge in [0.25, 0.3) is 0 Å². The Bertz CT molecular complexity index is 156. The Labute approximate surface area is 135 Å². The Morgan fingerprint density at radius 1 is 1.42 bits per heavy atom. The normalized spacial score (nSPS) is 10.4. The van der Waals surface area contributed by atoms with Crippen LogP contribution in [-0.4, -0.2) is 104 Å². The molecule has 0 aliphatic heterocycles. The molecule has 12 heavy (non-hydrogen) atoms. The number of carbonyl (C=O) groups is 2. The first kappa shape index (κ1) is 19.2. The van der Waals surface area contributed by atoms with Gasteiger partial charge in [0.1, 0.15) is 6.04 Å². The Hall–Kier alpha value is 1.54. The summed E-state index contributed by atoms with van der Waals surface area (Å²) in [6, 6.07) is -0.979. The predicted octanol–water partition coefficient (Wildman–Crippen LogP) is -2.63. The van der Waals surface area contributed by atoms with Crippen LogP contribution in [-0.2, 0) is 9.59 Å². The van der Waals surface area contributed by atoms with Gasteiger partial charge in [0.05, 0.1) is 0 Å². The number of primary amides is 1. The molecule has 0 saturated carbocycles. The van der Waals surface area contributed by atoms with Gasteiger partial charge in [0.2, 0.25) is 5.91 Å². The van der Waals surface area contributed by atoms with Crippen molar-refractivity contribution in [3.8, 4) is 0 Å². The van der Waals surface area contributed by atoms with Crippen LogP contribution < -0.4 is 11.5 Å². The van der Waals surface area contributed by atoms with Crippen molar-refractivity contribution in [2.24, 2.45) is 11.5 Å². The molecule has 0 spiro atoms. The summed E-state index contributed by atoms with van der Waals surface area (Å²) in [5.41, 5.74) is 9.81. The molecular weight excluding hydrogens is 198 g/mol. The Balaban J connectivity index is -0.000000405. The second-order valence-corrected chi connectivity index (χ2v) is 1.95. The number of amides is 1. The molecule has 0 fully saturated rings. The molecule has 0 rings (SSSR count). The van der Waals surface area contributed by atoms with E-state index in [4.69, 9.17) is 16.6 Å². The first-order chi connectivity index (χ1) is 4.54. The molecule has 0 saturated heterocycles. The van der Waals surface area contributed by atoms with Gasteiger partial charge in [0.15, 0.2) is 0 Å². The Kier molecular flexibility index (Phi) is 17.0. The molecule has 0 aromatic rings. The fraction of sp³-hybridized carbons (Fsp3) is 0.600. The summed E-state index contributed by atoms with van der Waals surface area (Å²) in [4.78, 5) is 20.1. The van der Waals surface area contributed by atoms with Crippen LogP contribution in [0.1, 0.15) is 12.8 Å². The maximum atomic E-state index is 10.1. The summed E-state index contributed by atoms with van der Waals surface area (Å²) in [7, 11) is 0. The molecule has 0 aromatic heterocycles. The first-order valence-electron chi connectivity index (χ1n) is 2.80. The molecule has 5 nitrogen and oxygen atoms in total. The topological polar surface area (TPSA) is 106 Å². The predicted molar refractivity (Wildman–Crippen MR) is 48.3 cm³/mol. The van der Waals surface area contributed by atoms with Crippen LogP contribution in [0.15, 0.2) is 0 Å². The number of hydrogen-bond acceptors (Lipinski definition) is 3. The number of carboxylic acids is 1. The van der Waals surface area contributed by atoms with Crippen molar-refractivity contribution in [1.82, 2.24) is 0 Å². The molecule has 5 N–H and O–H groups in total. The van der Waals surface area contributed by atoms with E-state index in [1.165, 1.54) is 0 Å². The van der Waals surface area contributed by atoms with Gasteiger partial charge in [-0.1, -0.05) is 0 Å². The quantitative estimate of drug-likeness (QED) is 0.441. The summed E-state index contributed by atoms with van der Waals surface area (Å²) in [6.45, 7) is 0. The summed E-state index contributed by atoms with van der Waals surface area (Å²) < 4.78 is 0. The SMILES string of the molecule is NC(=O)CC[C@H](N)C(=O)O.[KH].[NaH]. The van der Waals surface area contributed by atoms with Gasteiger partial charge in [-0.15, -0.1) is 0 Å². The average molecular weight is 210 g/mol. The van der Waals surface area contributed by atoms with E-state index < -0.39 is 17.9 Å². The molecule has 0 bridgehead atoms. The van der Waals surface area contributed by atoms with Crippen LogP contribution in [0, 0.1) is 0 Å². The zero-order chi connectivity index (χ0) is 8.15. The van der Waals surface area contributed by atoms with Crippen LogP contribution >= 0.6 is 0 Å². The first-order valence-corrected chi connectivity index (χ1v) is 2.80. The van der Waals surface area contributed by atoms with Crippen LogP contribution in [0.5, 0.6) is 0 Å². The second kappa shape index (κ2) is 10.6. The van der Waals surface area contributed by atoms with Crippen molar-refractivity contribution in [2.45, 2.75) is 18.9 Å². The van der Waals surface area contributed by atoms with E-state index in [-0.39, 0.29) is 93.8 Å². The van der Waals surface area contributed by atoms with Gasteiger partial charge in [-0.25, -0.2) is 0 Å². The fourth-order valence-corrected chi connectivity index (χ4v) is 0.421. The van der Waals surface area contributed by atoms with Crippen LogP contribution in [0.25, 0.3) is 0 Å². The van der Waals surface area contributed by atoms with Crippen molar-refractivity contribution in [3.05, 3.63) is 0 Å². The Morgan fingerprint density at radius 3 is 2.08 bits per heavy atom. The summed E-state index contributed by atoms with van der Waals surface area (Å²) in [6.07, 6.45) is 0.123. The second-order valence-electron chi connectivity index (χ2n) is 1.95. The molecule has 1 atom stereocenters. The molecule has 0 aliphatic rings. The van der Waals surface area contributed by atoms with E-state index in [0.717, 1.165) is 0 Å². The average Bonchev–Trinajstić information content (AvgIpc) is 1.82. The van der Waals surface area contributed by atoms with Crippen molar-refractivity contribution < 1.29 is 14.7 Å². The standard InChI is InChI=1S/C5H10N2O3.K.Na.2H/c6-3(5(9)10)1-2-4(7)8;;;;/h3H,1-2,6H2,(H2,7,8)(H,9,10);;;;/t3-;;;;/m0..../s1. The molecule has 0 radical (unpaired) electrons. The third-order valence-corrected chi connectivity index (χ3v) is 1.02. The maximum absolute atomic E-state index is 10.1. The molecule has 0 aromatic carbocycles. The minimum atomic E-state index is -1.11. The van der Waals surface area contributed by atoms with E-state index in [2.05, 4.69) is 0 Å². The fourth-order valence-electron chi connectivity index (χ4n) is 0.421. The van der Waals surface area contributed by atoms with Gasteiger partial charge in [0, 0.05) is 6.42 Å². The number of rotatable bonds is 4. The van der Waals surface area contributed by atoms with E-state index in [1.54, 1.807) is 0 Å². The molecule has 0 heterocycles. The zero-order valence-corrected chi connectivity index (χ0v) is 5.41. The van der Waals surface area contributed by atoms with Crippen LogP contribution in [0.4, 0.5) is 0 Å². The third-order valence-electron chi connectivity index (χ3n) is 1.02. The van der Waals surface area contributed by atoms with Gasteiger partial charge < -0.3 is 16.6 Å². The monoisotopic (exact) mass is 210 g/mol. The third kappa shape index (κ3) is 11.5. The minimum absolute atomic E-state index is 0. The van der Waals surface area contributed by atoms with E-state index in [9.17, 15) is 9.59 Å². The summed E-state index contributed by atoms with van der Waals surface area (Å²) >= 11 is 0. The van der Waals surface area contributed by atoms with Crippen LogP contribution in [0.3, 0.4) is 0 Å². The van der Waals surface area contributed by atoms with E-state index in [1.807, 2.05) is 0 Å². The number of hydrogen-bond donors (Lipinski definition) is 3. The number of carboxylic acid groups (broad SMARTS) is 1. The number of nitrogens with two attached hydrogens (primary N) is 2. The van der Waals surface area contributed by atoms with Crippen molar-refractivity contribution in [1.29, 1.82) is 0 Å². The Morgan fingerprint density at radius 2 is 1.83 bits per heavy atom. The zero-order valence-electron chi connectivity index (χ0n) is 5.41. The molecule has 0 aliphatic carbocycles. The molecule has 1 amide bonds. The molecule has 62 valence electrons.